The number of carbonyl (C=O) groups is 1. The maximum Gasteiger partial charge on any atom is 0.278 e. The van der Waals surface area contributed by atoms with Crippen LogP contribution in [0.2, 0.25) is 0 Å². The van der Waals surface area contributed by atoms with Gasteiger partial charge in [-0.3, -0.25) is 9.59 Å². The molecule has 2 aromatic heterocycles. The summed E-state index contributed by atoms with van der Waals surface area (Å²) in [6.45, 7) is 7.13. The molecule has 0 saturated heterocycles. The van der Waals surface area contributed by atoms with Gasteiger partial charge in [0.05, 0.1) is 12.1 Å². The van der Waals surface area contributed by atoms with Gasteiger partial charge in [0.2, 0.25) is 5.91 Å². The fourth-order valence-corrected chi connectivity index (χ4v) is 3.76. The molecule has 0 radical (unpaired) electrons. The van der Waals surface area contributed by atoms with E-state index in [1.54, 1.807) is 4.90 Å². The van der Waals surface area contributed by atoms with Crippen molar-refractivity contribution in [3.63, 3.8) is 0 Å². The standard InChI is InChI=1S/C18H21N5O2S/c1-4-22(13-8-6-7-12(3)9-13)14(24)10-26-18-21-15-16(23(18)5-2)19-11-20-17(15)25/h6-9,11H,4-5,10H2,1-3H3,(H,19,20,25). The van der Waals surface area contributed by atoms with Gasteiger partial charge in [-0.15, -0.1) is 0 Å². The van der Waals surface area contributed by atoms with Gasteiger partial charge in [0.25, 0.3) is 5.56 Å². The van der Waals surface area contributed by atoms with Crippen LogP contribution in [0.1, 0.15) is 19.4 Å². The van der Waals surface area contributed by atoms with Gasteiger partial charge < -0.3 is 14.5 Å². The molecule has 8 heteroatoms. The number of H-pyrrole nitrogens is 1. The summed E-state index contributed by atoms with van der Waals surface area (Å²) in [7, 11) is 0. The number of benzene rings is 1. The van der Waals surface area contributed by atoms with E-state index in [0.717, 1.165) is 11.3 Å². The number of aromatic amines is 1. The highest BCUT2D eigenvalue weighted by atomic mass is 32.2. The molecule has 0 bridgehead atoms. The molecule has 136 valence electrons. The summed E-state index contributed by atoms with van der Waals surface area (Å²) >= 11 is 1.32. The largest absolute Gasteiger partial charge is 0.312 e. The molecule has 1 N–H and O–H groups in total. The van der Waals surface area contributed by atoms with Crippen LogP contribution in [0, 0.1) is 6.92 Å². The molecular weight excluding hydrogens is 350 g/mol. The van der Waals surface area contributed by atoms with Crippen LogP contribution in [0.15, 0.2) is 40.5 Å². The van der Waals surface area contributed by atoms with Crippen LogP contribution in [-0.4, -0.2) is 37.7 Å². The van der Waals surface area contributed by atoms with Gasteiger partial charge in [-0.25, -0.2) is 9.97 Å². The number of hydrogen-bond acceptors (Lipinski definition) is 5. The fraction of sp³-hybridized carbons (Fsp3) is 0.333. The summed E-state index contributed by atoms with van der Waals surface area (Å²) in [6, 6.07) is 7.88. The Morgan fingerprint density at radius 3 is 2.85 bits per heavy atom. The molecule has 1 amide bonds. The lowest BCUT2D eigenvalue weighted by Gasteiger charge is -2.21. The minimum atomic E-state index is -0.273. The summed E-state index contributed by atoms with van der Waals surface area (Å²) in [4.78, 5) is 37.5. The lowest BCUT2D eigenvalue weighted by Crippen LogP contribution is -2.32. The zero-order chi connectivity index (χ0) is 18.7. The number of hydrogen-bond donors (Lipinski definition) is 1. The number of carbonyl (C=O) groups excluding carboxylic acids is 1. The first-order chi connectivity index (χ1) is 12.5. The second-order valence-electron chi connectivity index (χ2n) is 5.81. The normalized spacial score (nSPS) is 11.0. The van der Waals surface area contributed by atoms with E-state index < -0.39 is 0 Å². The van der Waals surface area contributed by atoms with E-state index in [2.05, 4.69) is 15.0 Å². The summed E-state index contributed by atoms with van der Waals surface area (Å²) in [5, 5.41) is 0.625. The van der Waals surface area contributed by atoms with Crippen molar-refractivity contribution in [2.45, 2.75) is 32.5 Å². The van der Waals surface area contributed by atoms with Crippen LogP contribution < -0.4 is 10.5 Å². The van der Waals surface area contributed by atoms with E-state index in [-0.39, 0.29) is 17.2 Å². The molecular formula is C18H21N5O2S. The maximum absolute atomic E-state index is 12.7. The molecule has 0 unspecified atom stereocenters. The number of amides is 1. The van der Waals surface area contributed by atoms with E-state index in [9.17, 15) is 9.59 Å². The summed E-state index contributed by atoms with van der Waals surface area (Å²) in [5.41, 5.74) is 2.57. The zero-order valence-electron chi connectivity index (χ0n) is 15.0. The van der Waals surface area contributed by atoms with Crippen LogP contribution in [0.25, 0.3) is 11.2 Å². The van der Waals surface area contributed by atoms with Gasteiger partial charge in [-0.2, -0.15) is 0 Å². The van der Waals surface area contributed by atoms with Crippen molar-refractivity contribution in [1.29, 1.82) is 0 Å². The SMILES string of the molecule is CCN(C(=O)CSc1nc2c(=O)[nH]cnc2n1CC)c1cccc(C)c1. The van der Waals surface area contributed by atoms with Gasteiger partial charge in [-0.1, -0.05) is 23.9 Å². The molecule has 0 aliphatic carbocycles. The Bertz CT molecular complexity index is 995. The Hall–Kier alpha value is -2.61. The molecule has 0 aliphatic rings. The molecule has 2 heterocycles. The first-order valence-corrected chi connectivity index (χ1v) is 9.47. The number of imidazole rings is 1. The van der Waals surface area contributed by atoms with E-state index in [1.807, 2.05) is 49.6 Å². The van der Waals surface area contributed by atoms with Crippen molar-refractivity contribution in [3.8, 4) is 0 Å². The minimum absolute atomic E-state index is 0.000298. The first kappa shape index (κ1) is 18.2. The van der Waals surface area contributed by atoms with Crippen molar-refractivity contribution in [3.05, 3.63) is 46.5 Å². The third-order valence-electron chi connectivity index (χ3n) is 4.07. The topological polar surface area (TPSA) is 83.9 Å². The third kappa shape index (κ3) is 3.50. The lowest BCUT2D eigenvalue weighted by molar-refractivity contribution is -0.116. The predicted molar refractivity (Wildman–Crippen MR) is 104 cm³/mol. The predicted octanol–water partition coefficient (Wildman–Crippen LogP) is 2.59. The lowest BCUT2D eigenvalue weighted by atomic mass is 10.2. The average Bonchev–Trinajstić information content (AvgIpc) is 2.99. The number of nitrogens with zero attached hydrogens (tertiary/aromatic N) is 4. The molecule has 0 aliphatic heterocycles. The van der Waals surface area contributed by atoms with E-state index in [4.69, 9.17) is 0 Å². The number of aromatic nitrogens is 4. The molecule has 7 nitrogen and oxygen atoms in total. The van der Waals surface area contributed by atoms with Crippen LogP contribution in [-0.2, 0) is 11.3 Å². The quantitative estimate of drug-likeness (QED) is 0.673. The Morgan fingerprint density at radius 2 is 2.15 bits per heavy atom. The van der Waals surface area contributed by atoms with Crippen molar-refractivity contribution < 1.29 is 4.79 Å². The van der Waals surface area contributed by atoms with Crippen molar-refractivity contribution >= 4 is 34.5 Å². The number of rotatable bonds is 6. The molecule has 0 atom stereocenters. The van der Waals surface area contributed by atoms with Crippen LogP contribution in [0.4, 0.5) is 5.69 Å². The van der Waals surface area contributed by atoms with Gasteiger partial charge in [0.15, 0.2) is 16.3 Å². The minimum Gasteiger partial charge on any atom is -0.312 e. The van der Waals surface area contributed by atoms with E-state index in [1.165, 1.54) is 18.1 Å². The van der Waals surface area contributed by atoms with Crippen molar-refractivity contribution in [2.75, 3.05) is 17.2 Å². The Kier molecular flexibility index (Phi) is 5.41. The second-order valence-corrected chi connectivity index (χ2v) is 6.75. The monoisotopic (exact) mass is 371 g/mol. The summed E-state index contributed by atoms with van der Waals surface area (Å²) < 4.78 is 1.85. The highest BCUT2D eigenvalue weighted by Gasteiger charge is 2.18. The smallest absolute Gasteiger partial charge is 0.278 e. The van der Waals surface area contributed by atoms with Gasteiger partial charge >= 0.3 is 0 Å². The number of anilines is 1. The summed E-state index contributed by atoms with van der Waals surface area (Å²) in [5.74, 6) is 0.239. The first-order valence-electron chi connectivity index (χ1n) is 8.48. The number of fused-ring (bicyclic) bond motifs is 1. The van der Waals surface area contributed by atoms with Crippen molar-refractivity contribution in [1.82, 2.24) is 19.5 Å². The molecule has 3 aromatic rings. The molecule has 0 spiro atoms. The van der Waals surface area contributed by atoms with Crippen LogP contribution in [0.5, 0.6) is 0 Å². The Balaban J connectivity index is 1.82. The van der Waals surface area contributed by atoms with Crippen LogP contribution >= 0.6 is 11.8 Å². The van der Waals surface area contributed by atoms with Gasteiger partial charge in [0.1, 0.15) is 0 Å². The highest BCUT2D eigenvalue weighted by Crippen LogP contribution is 2.23. The third-order valence-corrected chi connectivity index (χ3v) is 5.04. The van der Waals surface area contributed by atoms with Crippen molar-refractivity contribution in [2.24, 2.45) is 0 Å². The van der Waals surface area contributed by atoms with Gasteiger partial charge in [-0.05, 0) is 38.5 Å². The highest BCUT2D eigenvalue weighted by molar-refractivity contribution is 7.99. The van der Waals surface area contributed by atoms with Crippen LogP contribution in [0.3, 0.4) is 0 Å². The molecule has 1 aromatic carbocycles. The Labute approximate surface area is 155 Å². The molecule has 26 heavy (non-hydrogen) atoms. The van der Waals surface area contributed by atoms with E-state index >= 15 is 0 Å². The maximum atomic E-state index is 12.7. The molecule has 3 rings (SSSR count). The molecule has 0 saturated carbocycles. The summed E-state index contributed by atoms with van der Waals surface area (Å²) in [6.07, 6.45) is 1.37. The Morgan fingerprint density at radius 1 is 1.35 bits per heavy atom. The van der Waals surface area contributed by atoms with Gasteiger partial charge in [0, 0.05) is 18.8 Å². The number of aryl methyl sites for hydroxylation is 2. The second kappa shape index (κ2) is 7.74. The molecule has 0 fully saturated rings. The average molecular weight is 371 g/mol. The zero-order valence-corrected chi connectivity index (χ0v) is 15.8. The number of thioether (sulfide) groups is 1. The number of nitrogens with one attached hydrogen (secondary N) is 1. The fourth-order valence-electron chi connectivity index (χ4n) is 2.83. The van der Waals surface area contributed by atoms with E-state index in [0.29, 0.717) is 29.4 Å².